The normalized spacial score (nSPS) is 14.5. The summed E-state index contributed by atoms with van der Waals surface area (Å²) < 4.78 is 0. The summed E-state index contributed by atoms with van der Waals surface area (Å²) in [5.41, 5.74) is 6.38. The number of para-hydroxylation sites is 1. The van der Waals surface area contributed by atoms with E-state index in [0.29, 0.717) is 12.2 Å². The number of nitrogens with one attached hydrogen (secondary N) is 1. The second-order valence-corrected chi connectivity index (χ2v) is 9.94. The zero-order chi connectivity index (χ0) is 24.9. The first kappa shape index (κ1) is 25.0. The Bertz CT molecular complexity index is 1130. The second-order valence-electron chi connectivity index (χ2n) is 9.94. The summed E-state index contributed by atoms with van der Waals surface area (Å²) >= 11 is 0. The van der Waals surface area contributed by atoms with Crippen molar-refractivity contribution in [2.75, 3.05) is 49.1 Å². The largest absolute Gasteiger partial charge is 0.369 e. The van der Waals surface area contributed by atoms with Crippen molar-refractivity contribution in [3.05, 3.63) is 76.9 Å². The molecule has 0 atom stereocenters. The molecule has 0 aliphatic carbocycles. The van der Waals surface area contributed by atoms with Crippen LogP contribution >= 0.6 is 0 Å². The fourth-order valence-electron chi connectivity index (χ4n) is 4.79. The van der Waals surface area contributed by atoms with Crippen LogP contribution in [0.25, 0.3) is 0 Å². The molecule has 0 spiro atoms. The van der Waals surface area contributed by atoms with E-state index in [-0.39, 0.29) is 11.8 Å². The van der Waals surface area contributed by atoms with E-state index in [1.165, 1.54) is 16.8 Å². The molecule has 4 rings (SSSR count). The summed E-state index contributed by atoms with van der Waals surface area (Å²) in [7, 11) is 0. The molecule has 2 aromatic carbocycles. The Morgan fingerprint density at radius 3 is 2.37 bits per heavy atom. The summed E-state index contributed by atoms with van der Waals surface area (Å²) in [6, 6.07) is 16.5. The first-order valence-electron chi connectivity index (χ1n) is 12.8. The van der Waals surface area contributed by atoms with Crippen LogP contribution in [-0.4, -0.2) is 60.0 Å². The van der Waals surface area contributed by atoms with Gasteiger partial charge in [-0.3, -0.25) is 9.69 Å². The lowest BCUT2D eigenvalue weighted by Gasteiger charge is -2.37. The van der Waals surface area contributed by atoms with Gasteiger partial charge >= 0.3 is 0 Å². The third kappa shape index (κ3) is 5.76. The molecule has 186 valence electrons. The number of imidazole rings is 1. The monoisotopic (exact) mass is 473 g/mol. The summed E-state index contributed by atoms with van der Waals surface area (Å²) in [5, 5.41) is 0. The Morgan fingerprint density at radius 2 is 1.71 bits per heavy atom. The SMILES string of the molecule is Cc1cccc(N2CCN(CCCN(C(=O)c3nc(C(C)C)[nH]c3C)c3ccccc3)CC2)c1C. The maximum Gasteiger partial charge on any atom is 0.278 e. The van der Waals surface area contributed by atoms with Crippen LogP contribution in [0.5, 0.6) is 0 Å². The molecule has 1 amide bonds. The van der Waals surface area contributed by atoms with Crippen LogP contribution in [0.3, 0.4) is 0 Å². The third-order valence-electron chi connectivity index (χ3n) is 7.11. The van der Waals surface area contributed by atoms with Gasteiger partial charge in [-0.25, -0.2) is 4.98 Å². The van der Waals surface area contributed by atoms with Crippen molar-refractivity contribution in [2.45, 2.75) is 47.0 Å². The van der Waals surface area contributed by atoms with E-state index in [9.17, 15) is 4.79 Å². The highest BCUT2D eigenvalue weighted by Gasteiger charge is 2.24. The number of hydrogen-bond acceptors (Lipinski definition) is 4. The molecule has 6 nitrogen and oxygen atoms in total. The summed E-state index contributed by atoms with van der Waals surface area (Å²) in [5.74, 6) is 1.08. The number of carbonyl (C=O) groups excluding carboxylic acids is 1. The highest BCUT2D eigenvalue weighted by Crippen LogP contribution is 2.24. The van der Waals surface area contributed by atoms with E-state index in [1.807, 2.05) is 42.2 Å². The molecule has 6 heteroatoms. The molecule has 0 saturated carbocycles. The number of hydrogen-bond donors (Lipinski definition) is 1. The standard InChI is InChI=1S/C29H39N5O/c1-21(2)28-30-24(5)27(31-28)29(35)34(25-12-7-6-8-13-25)16-10-15-32-17-19-33(20-18-32)26-14-9-11-22(3)23(26)4/h6-9,11-14,21H,10,15-20H2,1-5H3,(H,30,31). The van der Waals surface area contributed by atoms with Crippen molar-refractivity contribution < 1.29 is 4.79 Å². The number of nitrogens with zero attached hydrogens (tertiary/aromatic N) is 4. The summed E-state index contributed by atoms with van der Waals surface area (Å²) in [6.45, 7) is 16.3. The Hall–Kier alpha value is -3.12. The zero-order valence-corrected chi connectivity index (χ0v) is 21.8. The predicted octanol–water partition coefficient (Wildman–Crippen LogP) is 5.32. The van der Waals surface area contributed by atoms with Crippen molar-refractivity contribution in [2.24, 2.45) is 0 Å². The van der Waals surface area contributed by atoms with E-state index in [0.717, 1.165) is 56.4 Å². The molecule has 0 radical (unpaired) electrons. The highest BCUT2D eigenvalue weighted by atomic mass is 16.2. The van der Waals surface area contributed by atoms with Gasteiger partial charge < -0.3 is 14.8 Å². The van der Waals surface area contributed by atoms with Crippen LogP contribution in [-0.2, 0) is 0 Å². The van der Waals surface area contributed by atoms with Crippen LogP contribution in [0.2, 0.25) is 0 Å². The topological polar surface area (TPSA) is 55.5 Å². The molecule has 0 unspecified atom stereocenters. The van der Waals surface area contributed by atoms with Gasteiger partial charge in [0.25, 0.3) is 5.91 Å². The van der Waals surface area contributed by atoms with Crippen molar-refractivity contribution in [3.63, 3.8) is 0 Å². The molecule has 35 heavy (non-hydrogen) atoms. The summed E-state index contributed by atoms with van der Waals surface area (Å²) in [6.07, 6.45) is 0.921. The van der Waals surface area contributed by atoms with Gasteiger partial charge in [0.1, 0.15) is 11.5 Å². The third-order valence-corrected chi connectivity index (χ3v) is 7.11. The number of piperazine rings is 1. The Labute approximate surface area is 210 Å². The second kappa shape index (κ2) is 11.1. The number of aromatic nitrogens is 2. The summed E-state index contributed by atoms with van der Waals surface area (Å²) in [4.78, 5) is 28.4. The van der Waals surface area contributed by atoms with Gasteiger partial charge in [0.15, 0.2) is 0 Å². The molecular weight excluding hydrogens is 434 g/mol. The van der Waals surface area contributed by atoms with Gasteiger partial charge in [0, 0.05) is 55.7 Å². The number of rotatable bonds is 8. The average molecular weight is 474 g/mol. The molecular formula is C29H39N5O. The molecule has 1 saturated heterocycles. The minimum absolute atomic E-state index is 0.0309. The van der Waals surface area contributed by atoms with Gasteiger partial charge in [-0.15, -0.1) is 0 Å². The van der Waals surface area contributed by atoms with Gasteiger partial charge in [0.05, 0.1) is 0 Å². The molecule has 1 fully saturated rings. The Balaban J connectivity index is 1.38. The van der Waals surface area contributed by atoms with Gasteiger partial charge in [-0.1, -0.05) is 44.2 Å². The minimum atomic E-state index is -0.0309. The number of benzene rings is 2. The van der Waals surface area contributed by atoms with Crippen molar-refractivity contribution in [3.8, 4) is 0 Å². The zero-order valence-electron chi connectivity index (χ0n) is 21.8. The quantitative estimate of drug-likeness (QED) is 0.481. The molecule has 0 bridgehead atoms. The number of H-pyrrole nitrogens is 1. The lowest BCUT2D eigenvalue weighted by atomic mass is 10.1. The van der Waals surface area contributed by atoms with Gasteiger partial charge in [-0.05, 0) is 63.1 Å². The van der Waals surface area contributed by atoms with E-state index >= 15 is 0 Å². The van der Waals surface area contributed by atoms with E-state index in [2.05, 4.69) is 65.7 Å². The maximum atomic E-state index is 13.6. The number of aromatic amines is 1. The van der Waals surface area contributed by atoms with E-state index < -0.39 is 0 Å². The fourth-order valence-corrected chi connectivity index (χ4v) is 4.79. The van der Waals surface area contributed by atoms with E-state index in [1.54, 1.807) is 0 Å². The number of aryl methyl sites for hydroxylation is 2. The number of carbonyl (C=O) groups is 1. The van der Waals surface area contributed by atoms with Crippen LogP contribution in [0.15, 0.2) is 48.5 Å². The first-order valence-corrected chi connectivity index (χ1v) is 12.8. The van der Waals surface area contributed by atoms with Crippen molar-refractivity contribution in [1.29, 1.82) is 0 Å². The lowest BCUT2D eigenvalue weighted by Crippen LogP contribution is -2.47. The first-order chi connectivity index (χ1) is 16.8. The maximum absolute atomic E-state index is 13.6. The fraction of sp³-hybridized carbons (Fsp3) is 0.448. The molecule has 2 heterocycles. The number of anilines is 2. The van der Waals surface area contributed by atoms with Crippen LogP contribution < -0.4 is 9.80 Å². The lowest BCUT2D eigenvalue weighted by molar-refractivity contribution is 0.0980. The Morgan fingerprint density at radius 1 is 1.00 bits per heavy atom. The average Bonchev–Trinajstić information content (AvgIpc) is 3.26. The van der Waals surface area contributed by atoms with Crippen LogP contribution in [0.1, 0.15) is 59.3 Å². The molecule has 1 N–H and O–H groups in total. The van der Waals surface area contributed by atoms with Gasteiger partial charge in [-0.2, -0.15) is 0 Å². The molecule has 1 aromatic heterocycles. The number of amides is 1. The molecule has 1 aliphatic heterocycles. The van der Waals surface area contributed by atoms with E-state index in [4.69, 9.17) is 0 Å². The van der Waals surface area contributed by atoms with Gasteiger partial charge in [0.2, 0.25) is 0 Å². The highest BCUT2D eigenvalue weighted by molar-refractivity contribution is 6.05. The van der Waals surface area contributed by atoms with Crippen LogP contribution in [0, 0.1) is 20.8 Å². The smallest absolute Gasteiger partial charge is 0.278 e. The molecule has 3 aromatic rings. The predicted molar refractivity (Wildman–Crippen MR) is 145 cm³/mol. The van der Waals surface area contributed by atoms with Crippen LogP contribution in [0.4, 0.5) is 11.4 Å². The van der Waals surface area contributed by atoms with Crippen molar-refractivity contribution >= 4 is 17.3 Å². The minimum Gasteiger partial charge on any atom is -0.369 e. The Kier molecular flexibility index (Phi) is 7.91. The van der Waals surface area contributed by atoms with Crippen molar-refractivity contribution in [1.82, 2.24) is 14.9 Å². The molecule has 1 aliphatic rings.